The van der Waals surface area contributed by atoms with Gasteiger partial charge in [-0.05, 0) is 67.7 Å². The maximum absolute atomic E-state index is 13.0. The molecule has 0 atom stereocenters. The third kappa shape index (κ3) is 2.34. The van der Waals surface area contributed by atoms with Crippen molar-refractivity contribution in [2.24, 2.45) is 0 Å². The fraction of sp³-hybridized carbons (Fsp3) is 0. The van der Waals surface area contributed by atoms with Crippen LogP contribution in [0.4, 0.5) is 0 Å². The Morgan fingerprint density at radius 2 is 1.19 bits per heavy atom. The van der Waals surface area contributed by atoms with Crippen molar-refractivity contribution < 1.29 is 0 Å². The second kappa shape index (κ2) is 6.13. The van der Waals surface area contributed by atoms with Gasteiger partial charge in [-0.1, -0.05) is 72.8 Å². The lowest BCUT2D eigenvalue weighted by molar-refractivity contribution is 1.70. The SMILES string of the molecule is O=c1c2ccccc2sc2cc(-c3ccc4ccc5cccc6ccc3c4c56)ccc12. The first kappa shape index (κ1) is 17.0. The molecule has 0 aliphatic rings. The molecule has 0 amide bonds. The van der Waals surface area contributed by atoms with E-state index in [-0.39, 0.29) is 5.43 Å². The van der Waals surface area contributed by atoms with Crippen LogP contribution in [-0.2, 0) is 0 Å². The summed E-state index contributed by atoms with van der Waals surface area (Å²) in [6.45, 7) is 0. The molecule has 0 fully saturated rings. The summed E-state index contributed by atoms with van der Waals surface area (Å²) in [6, 6.07) is 34.0. The van der Waals surface area contributed by atoms with Crippen LogP contribution in [0.2, 0.25) is 0 Å². The molecule has 1 aromatic heterocycles. The Bertz CT molecular complexity index is 1840. The molecule has 0 unspecified atom stereocenters. The maximum Gasteiger partial charge on any atom is 0.195 e. The first-order valence-corrected chi connectivity index (χ1v) is 11.2. The Hall–Kier alpha value is -3.75. The van der Waals surface area contributed by atoms with Crippen LogP contribution < -0.4 is 5.43 Å². The van der Waals surface area contributed by atoms with Crippen molar-refractivity contribution in [2.45, 2.75) is 0 Å². The molecule has 0 radical (unpaired) electrons. The Labute approximate surface area is 182 Å². The third-order valence-electron chi connectivity index (χ3n) is 6.42. The van der Waals surface area contributed by atoms with Crippen LogP contribution in [-0.4, -0.2) is 0 Å². The minimum Gasteiger partial charge on any atom is -0.289 e. The van der Waals surface area contributed by atoms with Gasteiger partial charge in [-0.2, -0.15) is 0 Å². The van der Waals surface area contributed by atoms with E-state index in [2.05, 4.69) is 66.7 Å². The topological polar surface area (TPSA) is 17.1 Å². The summed E-state index contributed by atoms with van der Waals surface area (Å²) in [5.41, 5.74) is 2.48. The lowest BCUT2D eigenvalue weighted by Crippen LogP contribution is -2.00. The minimum atomic E-state index is 0.117. The average Bonchev–Trinajstić information content (AvgIpc) is 2.82. The molecule has 0 saturated carbocycles. The molecule has 31 heavy (non-hydrogen) atoms. The molecule has 144 valence electrons. The fourth-order valence-electron chi connectivity index (χ4n) is 4.96. The third-order valence-corrected chi connectivity index (χ3v) is 7.55. The van der Waals surface area contributed by atoms with Crippen molar-refractivity contribution in [1.29, 1.82) is 0 Å². The van der Waals surface area contributed by atoms with Crippen LogP contribution in [0, 0.1) is 0 Å². The molecule has 0 saturated heterocycles. The number of fused-ring (bicyclic) bond motifs is 2. The van der Waals surface area contributed by atoms with Crippen LogP contribution >= 0.6 is 11.3 Å². The number of hydrogen-bond acceptors (Lipinski definition) is 2. The normalized spacial score (nSPS) is 12.0. The summed E-state index contributed by atoms with van der Waals surface area (Å²) in [4.78, 5) is 13.0. The van der Waals surface area contributed by atoms with Crippen molar-refractivity contribution >= 4 is 63.8 Å². The van der Waals surface area contributed by atoms with E-state index < -0.39 is 0 Å². The van der Waals surface area contributed by atoms with Crippen LogP contribution in [0.3, 0.4) is 0 Å². The second-order valence-electron chi connectivity index (χ2n) is 8.11. The van der Waals surface area contributed by atoms with Gasteiger partial charge in [0.15, 0.2) is 5.43 Å². The van der Waals surface area contributed by atoms with Gasteiger partial charge in [0, 0.05) is 20.2 Å². The molecular weight excluding hydrogens is 396 g/mol. The van der Waals surface area contributed by atoms with Crippen LogP contribution in [0.25, 0.3) is 63.6 Å². The number of rotatable bonds is 1. The van der Waals surface area contributed by atoms with Crippen molar-refractivity contribution in [3.8, 4) is 11.1 Å². The lowest BCUT2D eigenvalue weighted by atomic mass is 9.90. The Morgan fingerprint density at radius 1 is 0.516 bits per heavy atom. The highest BCUT2D eigenvalue weighted by molar-refractivity contribution is 7.24. The minimum absolute atomic E-state index is 0.117. The number of hydrogen-bond donors (Lipinski definition) is 0. The van der Waals surface area contributed by atoms with E-state index in [9.17, 15) is 4.79 Å². The van der Waals surface area contributed by atoms with Crippen LogP contribution in [0.15, 0.2) is 102 Å². The molecule has 0 spiro atoms. The van der Waals surface area contributed by atoms with Gasteiger partial charge in [0.05, 0.1) is 0 Å². The van der Waals surface area contributed by atoms with E-state index in [4.69, 9.17) is 0 Å². The molecule has 0 N–H and O–H groups in total. The van der Waals surface area contributed by atoms with E-state index in [0.717, 1.165) is 25.7 Å². The lowest BCUT2D eigenvalue weighted by Gasteiger charge is -2.14. The molecule has 1 nitrogen and oxygen atoms in total. The van der Waals surface area contributed by atoms with Crippen molar-refractivity contribution in [1.82, 2.24) is 0 Å². The highest BCUT2D eigenvalue weighted by atomic mass is 32.1. The predicted octanol–water partition coefficient (Wildman–Crippen LogP) is 7.98. The van der Waals surface area contributed by atoms with Crippen molar-refractivity contribution in [3.63, 3.8) is 0 Å². The molecule has 7 rings (SSSR count). The van der Waals surface area contributed by atoms with E-state index >= 15 is 0 Å². The summed E-state index contributed by atoms with van der Waals surface area (Å²) >= 11 is 1.69. The van der Waals surface area contributed by atoms with Gasteiger partial charge in [0.1, 0.15) is 0 Å². The average molecular weight is 413 g/mol. The van der Waals surface area contributed by atoms with Gasteiger partial charge in [-0.3, -0.25) is 4.79 Å². The smallest absolute Gasteiger partial charge is 0.195 e. The van der Waals surface area contributed by atoms with Gasteiger partial charge in [-0.25, -0.2) is 0 Å². The van der Waals surface area contributed by atoms with Gasteiger partial charge in [-0.15, -0.1) is 11.3 Å². The first-order valence-electron chi connectivity index (χ1n) is 10.4. The Morgan fingerprint density at radius 3 is 2.06 bits per heavy atom. The number of benzene rings is 6. The van der Waals surface area contributed by atoms with Crippen LogP contribution in [0.5, 0.6) is 0 Å². The molecular formula is C29H16OS. The molecule has 0 aliphatic carbocycles. The van der Waals surface area contributed by atoms with Gasteiger partial charge in [0.2, 0.25) is 0 Å². The van der Waals surface area contributed by atoms with Gasteiger partial charge < -0.3 is 0 Å². The summed E-state index contributed by atoms with van der Waals surface area (Å²) in [7, 11) is 0. The molecule has 6 aromatic carbocycles. The van der Waals surface area contributed by atoms with Crippen molar-refractivity contribution in [3.05, 3.63) is 107 Å². The van der Waals surface area contributed by atoms with E-state index in [1.165, 1.54) is 37.9 Å². The van der Waals surface area contributed by atoms with E-state index in [1.54, 1.807) is 11.3 Å². The van der Waals surface area contributed by atoms with Crippen molar-refractivity contribution in [2.75, 3.05) is 0 Å². The molecule has 1 heterocycles. The zero-order valence-electron chi connectivity index (χ0n) is 16.6. The summed E-state index contributed by atoms with van der Waals surface area (Å²) < 4.78 is 2.07. The van der Waals surface area contributed by atoms with Gasteiger partial charge >= 0.3 is 0 Å². The molecule has 0 bridgehead atoms. The monoisotopic (exact) mass is 412 g/mol. The summed E-state index contributed by atoms with van der Waals surface area (Å²) in [5.74, 6) is 0. The quantitative estimate of drug-likeness (QED) is 0.197. The maximum atomic E-state index is 13.0. The Balaban J connectivity index is 1.57. The summed E-state index contributed by atoms with van der Waals surface area (Å²) in [5, 5.41) is 9.32. The van der Waals surface area contributed by atoms with Crippen LogP contribution in [0.1, 0.15) is 0 Å². The zero-order valence-corrected chi connectivity index (χ0v) is 17.4. The zero-order chi connectivity index (χ0) is 20.5. The fourth-order valence-corrected chi connectivity index (χ4v) is 6.07. The highest BCUT2D eigenvalue weighted by Crippen LogP contribution is 2.40. The largest absolute Gasteiger partial charge is 0.289 e. The second-order valence-corrected chi connectivity index (χ2v) is 9.19. The standard InChI is InChI=1S/C29H16OS/c30-29-23-6-1-2-7-25(23)31-26-16-20(12-15-24(26)29)21-13-10-19-9-8-17-4-3-5-18-11-14-22(21)28(19)27(17)18/h1-16H. The summed E-state index contributed by atoms with van der Waals surface area (Å²) in [6.07, 6.45) is 0. The molecule has 7 aromatic rings. The molecule has 0 aliphatic heterocycles. The molecule has 2 heteroatoms. The highest BCUT2D eigenvalue weighted by Gasteiger charge is 2.13. The Kier molecular flexibility index (Phi) is 3.36. The predicted molar refractivity (Wildman–Crippen MR) is 135 cm³/mol. The van der Waals surface area contributed by atoms with Gasteiger partial charge in [0.25, 0.3) is 0 Å². The van der Waals surface area contributed by atoms with E-state index in [1.807, 2.05) is 30.3 Å². The first-order chi connectivity index (χ1) is 15.3. The van der Waals surface area contributed by atoms with E-state index in [0.29, 0.717) is 0 Å².